The van der Waals surface area contributed by atoms with E-state index in [1.807, 2.05) is 13.0 Å². The van der Waals surface area contributed by atoms with Gasteiger partial charge >= 0.3 is 0 Å². The fourth-order valence-electron chi connectivity index (χ4n) is 5.23. The molecule has 158 valence electrons. The van der Waals surface area contributed by atoms with Gasteiger partial charge in [0, 0.05) is 17.9 Å². The predicted octanol–water partition coefficient (Wildman–Crippen LogP) is 1.45. The van der Waals surface area contributed by atoms with Gasteiger partial charge in [-0.2, -0.15) is 0 Å². The molecule has 4 rings (SSSR count). The number of allylic oxidation sites excluding steroid dienone is 2. The highest BCUT2D eigenvalue weighted by Gasteiger charge is 2.59. The highest BCUT2D eigenvalue weighted by atomic mass is 16.3. The van der Waals surface area contributed by atoms with Gasteiger partial charge in [0.25, 0.3) is 5.91 Å². The van der Waals surface area contributed by atoms with Gasteiger partial charge in [0.1, 0.15) is 22.8 Å². The summed E-state index contributed by atoms with van der Waals surface area (Å²) in [5.74, 6) is -6.03. The molecule has 3 aliphatic carbocycles. The van der Waals surface area contributed by atoms with Crippen molar-refractivity contribution in [1.82, 2.24) is 0 Å². The van der Waals surface area contributed by atoms with E-state index in [2.05, 4.69) is 0 Å². The van der Waals surface area contributed by atoms with E-state index in [0.717, 1.165) is 5.56 Å². The van der Waals surface area contributed by atoms with Gasteiger partial charge in [0.2, 0.25) is 5.78 Å². The quantitative estimate of drug-likeness (QED) is 0.459. The molecule has 3 atom stereocenters. The van der Waals surface area contributed by atoms with Crippen molar-refractivity contribution in [2.24, 2.45) is 17.6 Å². The summed E-state index contributed by atoms with van der Waals surface area (Å²) in [5, 5.41) is 42.8. The van der Waals surface area contributed by atoms with E-state index in [9.17, 15) is 34.8 Å². The van der Waals surface area contributed by atoms with E-state index in [1.54, 1.807) is 6.92 Å². The van der Waals surface area contributed by atoms with Crippen LogP contribution >= 0.6 is 0 Å². The third-order valence-corrected chi connectivity index (χ3v) is 6.73. The lowest BCUT2D eigenvalue weighted by Gasteiger charge is -2.45. The molecule has 1 amide bonds. The standard InChI is InChI=1S/C22H23NO7/c1-3-9-4-8(2)17(25)15-12(9)6-10-5-11-7-13(24)16(21(23)29)20(28)22(11,30)19(27)14(10)18(15)26/h4,10-11,24-25,27,30H,3,5-7H2,1-2H3,(H2,23,29)/t10-,11+,22+/m0/s1. The smallest absolute Gasteiger partial charge is 0.255 e. The minimum absolute atomic E-state index is 0.0727. The number of carbonyl (C=O) groups is 3. The number of rotatable bonds is 2. The van der Waals surface area contributed by atoms with Crippen LogP contribution in [0.4, 0.5) is 0 Å². The van der Waals surface area contributed by atoms with E-state index < -0.39 is 52.0 Å². The second-order valence-electron chi connectivity index (χ2n) is 8.32. The summed E-state index contributed by atoms with van der Waals surface area (Å²) in [6, 6.07) is 1.83. The Morgan fingerprint density at radius 1 is 1.23 bits per heavy atom. The van der Waals surface area contributed by atoms with Crippen LogP contribution in [0.1, 0.15) is 46.8 Å². The molecule has 0 heterocycles. The van der Waals surface area contributed by atoms with Crippen LogP contribution in [-0.4, -0.2) is 43.5 Å². The number of ketones is 2. The van der Waals surface area contributed by atoms with Gasteiger partial charge in [-0.3, -0.25) is 14.4 Å². The minimum atomic E-state index is -2.53. The summed E-state index contributed by atoms with van der Waals surface area (Å²) >= 11 is 0. The first-order valence-corrected chi connectivity index (χ1v) is 9.85. The van der Waals surface area contributed by atoms with E-state index in [1.165, 1.54) is 0 Å². The molecule has 0 fully saturated rings. The number of primary amides is 1. The molecular weight excluding hydrogens is 390 g/mol. The first-order valence-electron chi connectivity index (χ1n) is 9.85. The fourth-order valence-corrected chi connectivity index (χ4v) is 5.23. The number of hydrogen-bond donors (Lipinski definition) is 5. The van der Waals surface area contributed by atoms with Crippen LogP contribution in [0.2, 0.25) is 0 Å². The second-order valence-corrected chi connectivity index (χ2v) is 8.32. The Morgan fingerprint density at radius 2 is 1.90 bits per heavy atom. The van der Waals surface area contributed by atoms with Gasteiger partial charge in [-0.05, 0) is 48.8 Å². The SMILES string of the molecule is CCc1cc(C)c(O)c2c1C[C@@H]1C[C@@H]3CC(O)=C(C(N)=O)C(=O)[C@]3(O)C(O)=C1C2=O. The number of phenolic OH excluding ortho intramolecular Hbond substituents is 1. The lowest BCUT2D eigenvalue weighted by atomic mass is 9.60. The normalized spacial score (nSPS) is 28.2. The van der Waals surface area contributed by atoms with Crippen LogP contribution in [0.5, 0.6) is 5.75 Å². The highest BCUT2D eigenvalue weighted by molar-refractivity contribution is 6.24. The van der Waals surface area contributed by atoms with E-state index in [-0.39, 0.29) is 29.7 Å². The van der Waals surface area contributed by atoms with Gasteiger partial charge in [-0.1, -0.05) is 13.0 Å². The summed E-state index contributed by atoms with van der Waals surface area (Å²) in [4.78, 5) is 37.9. The molecule has 0 saturated carbocycles. The van der Waals surface area contributed by atoms with Crippen molar-refractivity contribution in [3.05, 3.63) is 51.0 Å². The number of nitrogens with two attached hydrogens (primary N) is 1. The maximum atomic E-state index is 13.4. The van der Waals surface area contributed by atoms with Crippen LogP contribution in [0.3, 0.4) is 0 Å². The second kappa shape index (κ2) is 6.43. The van der Waals surface area contributed by atoms with Crippen molar-refractivity contribution in [3.63, 3.8) is 0 Å². The molecule has 8 nitrogen and oxygen atoms in total. The summed E-state index contributed by atoms with van der Waals surface area (Å²) in [7, 11) is 0. The minimum Gasteiger partial charge on any atom is -0.511 e. The summed E-state index contributed by atoms with van der Waals surface area (Å²) in [6.07, 6.45) is 0.896. The summed E-state index contributed by atoms with van der Waals surface area (Å²) in [5.41, 5.74) is 3.94. The molecule has 0 aliphatic heterocycles. The third kappa shape index (κ3) is 2.40. The molecule has 8 heteroatoms. The molecule has 1 aromatic carbocycles. The molecule has 0 radical (unpaired) electrons. The Labute approximate surface area is 172 Å². The number of aliphatic hydroxyl groups is 3. The van der Waals surface area contributed by atoms with Gasteiger partial charge in [-0.15, -0.1) is 0 Å². The predicted molar refractivity (Wildman–Crippen MR) is 105 cm³/mol. The Morgan fingerprint density at radius 3 is 2.50 bits per heavy atom. The van der Waals surface area contributed by atoms with Crippen molar-refractivity contribution in [2.75, 3.05) is 0 Å². The van der Waals surface area contributed by atoms with Crippen LogP contribution in [-0.2, 0) is 22.4 Å². The number of fused-ring (bicyclic) bond motifs is 3. The Hall–Kier alpha value is -3.13. The molecule has 0 saturated heterocycles. The third-order valence-electron chi connectivity index (χ3n) is 6.73. The number of aryl methyl sites for hydroxylation is 2. The first-order chi connectivity index (χ1) is 14.0. The summed E-state index contributed by atoms with van der Waals surface area (Å²) in [6.45, 7) is 3.61. The van der Waals surface area contributed by atoms with Gasteiger partial charge in [0.15, 0.2) is 11.4 Å². The maximum absolute atomic E-state index is 13.4. The lowest BCUT2D eigenvalue weighted by molar-refractivity contribution is -0.144. The molecule has 30 heavy (non-hydrogen) atoms. The zero-order valence-electron chi connectivity index (χ0n) is 16.7. The highest BCUT2D eigenvalue weighted by Crippen LogP contribution is 2.51. The van der Waals surface area contributed by atoms with Gasteiger partial charge < -0.3 is 26.2 Å². The Bertz CT molecular complexity index is 1100. The van der Waals surface area contributed by atoms with Crippen molar-refractivity contribution >= 4 is 17.5 Å². The van der Waals surface area contributed by atoms with Crippen LogP contribution in [0.15, 0.2) is 28.7 Å². The largest absolute Gasteiger partial charge is 0.511 e. The average Bonchev–Trinajstić information content (AvgIpc) is 2.67. The summed E-state index contributed by atoms with van der Waals surface area (Å²) < 4.78 is 0. The fraction of sp³-hybridized carbons (Fsp3) is 0.409. The Kier molecular flexibility index (Phi) is 4.32. The molecule has 6 N–H and O–H groups in total. The number of benzene rings is 1. The molecule has 1 aromatic rings. The van der Waals surface area contributed by atoms with E-state index >= 15 is 0 Å². The molecular formula is C22H23NO7. The molecule has 0 aromatic heterocycles. The number of hydrogen-bond acceptors (Lipinski definition) is 7. The number of aliphatic hydroxyl groups excluding tert-OH is 2. The van der Waals surface area contributed by atoms with Crippen LogP contribution < -0.4 is 5.73 Å². The molecule has 0 bridgehead atoms. The number of carbonyl (C=O) groups excluding carboxylic acids is 3. The zero-order chi connectivity index (χ0) is 22.1. The van der Waals surface area contributed by atoms with E-state index in [4.69, 9.17) is 5.73 Å². The van der Waals surface area contributed by atoms with Crippen molar-refractivity contribution in [2.45, 2.75) is 45.1 Å². The van der Waals surface area contributed by atoms with Crippen LogP contribution in [0.25, 0.3) is 0 Å². The van der Waals surface area contributed by atoms with Gasteiger partial charge in [0.05, 0.1) is 5.56 Å². The van der Waals surface area contributed by atoms with Crippen molar-refractivity contribution in [1.29, 1.82) is 0 Å². The molecule has 3 aliphatic rings. The van der Waals surface area contributed by atoms with Gasteiger partial charge in [-0.25, -0.2) is 0 Å². The van der Waals surface area contributed by atoms with E-state index in [0.29, 0.717) is 24.0 Å². The maximum Gasteiger partial charge on any atom is 0.255 e. The number of phenols is 1. The molecule has 0 spiro atoms. The average molecular weight is 413 g/mol. The number of Topliss-reactive ketones (excluding diaryl/α,β-unsaturated/α-hetero) is 2. The number of amides is 1. The Balaban J connectivity index is 1.94. The topological polar surface area (TPSA) is 158 Å². The van der Waals surface area contributed by atoms with Crippen molar-refractivity contribution in [3.8, 4) is 5.75 Å². The monoisotopic (exact) mass is 413 g/mol. The molecule has 0 unspecified atom stereocenters. The van der Waals surface area contributed by atoms with Crippen molar-refractivity contribution < 1.29 is 34.8 Å². The lowest BCUT2D eigenvalue weighted by Crippen LogP contribution is -2.57. The van der Waals surface area contributed by atoms with Crippen LogP contribution in [0, 0.1) is 18.8 Å². The number of aromatic hydroxyl groups is 1. The zero-order valence-corrected chi connectivity index (χ0v) is 16.7. The first kappa shape index (κ1) is 20.2.